The van der Waals surface area contributed by atoms with E-state index in [9.17, 15) is 18.0 Å². The Kier molecular flexibility index (Phi) is 7.22. The number of nitrogens with zero attached hydrogens (tertiary/aromatic N) is 3. The summed E-state index contributed by atoms with van der Waals surface area (Å²) in [7, 11) is 1.48. The molecule has 0 aliphatic carbocycles. The van der Waals surface area contributed by atoms with Crippen molar-refractivity contribution in [2.24, 2.45) is 0 Å². The van der Waals surface area contributed by atoms with Crippen molar-refractivity contribution in [1.29, 1.82) is 0 Å². The van der Waals surface area contributed by atoms with Gasteiger partial charge in [0, 0.05) is 18.0 Å². The van der Waals surface area contributed by atoms with Gasteiger partial charge in [0.1, 0.15) is 5.75 Å². The molecule has 8 nitrogen and oxygen atoms in total. The molecule has 12 heteroatoms. The van der Waals surface area contributed by atoms with E-state index in [2.05, 4.69) is 25.6 Å². The van der Waals surface area contributed by atoms with Crippen LogP contribution in [0.4, 0.5) is 29.3 Å². The third-order valence-electron chi connectivity index (χ3n) is 4.35. The number of hydrogen-bond donors (Lipinski definition) is 2. The van der Waals surface area contributed by atoms with Crippen molar-refractivity contribution < 1.29 is 27.4 Å². The number of ether oxygens (including phenoxy) is 2. The van der Waals surface area contributed by atoms with Crippen molar-refractivity contribution in [1.82, 2.24) is 15.0 Å². The van der Waals surface area contributed by atoms with Crippen LogP contribution in [0.1, 0.15) is 18.2 Å². The van der Waals surface area contributed by atoms with Crippen LogP contribution in [0.5, 0.6) is 11.6 Å². The number of carbonyl (C=O) groups is 1. The van der Waals surface area contributed by atoms with Gasteiger partial charge in [0.05, 0.1) is 47.4 Å². The average molecular weight is 482 g/mol. The highest BCUT2D eigenvalue weighted by Gasteiger charge is 2.33. The van der Waals surface area contributed by atoms with Crippen LogP contribution in [0.15, 0.2) is 36.7 Å². The molecule has 0 spiro atoms. The number of hydrogen-bond acceptors (Lipinski definition) is 6. The summed E-state index contributed by atoms with van der Waals surface area (Å²) >= 11 is 5.60. The van der Waals surface area contributed by atoms with Gasteiger partial charge in [-0.15, -0.1) is 0 Å². The van der Waals surface area contributed by atoms with E-state index in [1.54, 1.807) is 13.0 Å². The summed E-state index contributed by atoms with van der Waals surface area (Å²) in [5.74, 6) is 1.15. The fourth-order valence-electron chi connectivity index (χ4n) is 2.80. The number of carbonyl (C=O) groups excluding carboxylic acids is 1. The highest BCUT2D eigenvalue weighted by Crippen LogP contribution is 2.36. The molecular formula is C21H19ClF3N5O3. The van der Waals surface area contributed by atoms with E-state index in [-0.39, 0.29) is 11.4 Å². The van der Waals surface area contributed by atoms with Crippen LogP contribution in [0.25, 0.3) is 11.4 Å². The highest BCUT2D eigenvalue weighted by molar-refractivity contribution is 6.31. The molecule has 2 amide bonds. The maximum absolute atomic E-state index is 13.0. The molecule has 3 aromatic rings. The van der Waals surface area contributed by atoms with E-state index >= 15 is 0 Å². The Labute approximate surface area is 192 Å². The fraction of sp³-hybridized carbons (Fsp3) is 0.238. The van der Waals surface area contributed by atoms with Crippen LogP contribution in [0.3, 0.4) is 0 Å². The molecule has 0 atom stereocenters. The summed E-state index contributed by atoms with van der Waals surface area (Å²) in [6.07, 6.45) is -1.76. The molecule has 0 saturated heterocycles. The number of methoxy groups -OCH3 is 1. The third-order valence-corrected chi connectivity index (χ3v) is 4.68. The molecule has 0 saturated carbocycles. The Morgan fingerprint density at radius 3 is 2.55 bits per heavy atom. The van der Waals surface area contributed by atoms with Crippen molar-refractivity contribution in [3.63, 3.8) is 0 Å². The van der Waals surface area contributed by atoms with Gasteiger partial charge in [0.2, 0.25) is 5.88 Å². The number of aromatic nitrogens is 3. The third kappa shape index (κ3) is 5.80. The SMILES string of the molecule is CCOc1cc(OC)ncc1-c1ncc(NC(=O)Nc2ccc(Cl)c(C(F)(F)F)c2)c(C)n1. The zero-order valence-electron chi connectivity index (χ0n) is 17.7. The van der Waals surface area contributed by atoms with Crippen molar-refractivity contribution in [2.75, 3.05) is 24.4 Å². The van der Waals surface area contributed by atoms with Crippen LogP contribution < -0.4 is 20.1 Å². The number of nitrogens with one attached hydrogen (secondary N) is 2. The monoisotopic (exact) mass is 481 g/mol. The van der Waals surface area contributed by atoms with Gasteiger partial charge >= 0.3 is 12.2 Å². The topological polar surface area (TPSA) is 98.3 Å². The molecule has 0 fully saturated rings. The summed E-state index contributed by atoms with van der Waals surface area (Å²) in [4.78, 5) is 25.1. The van der Waals surface area contributed by atoms with Crippen molar-refractivity contribution in [3.05, 3.63) is 52.9 Å². The normalized spacial score (nSPS) is 11.1. The fourth-order valence-corrected chi connectivity index (χ4v) is 3.02. The second-order valence-corrected chi connectivity index (χ2v) is 7.03. The van der Waals surface area contributed by atoms with Crippen LogP contribution in [0.2, 0.25) is 5.02 Å². The number of anilines is 2. The smallest absolute Gasteiger partial charge is 0.417 e. The summed E-state index contributed by atoms with van der Waals surface area (Å²) in [6.45, 7) is 3.87. The highest BCUT2D eigenvalue weighted by atomic mass is 35.5. The predicted octanol–water partition coefficient (Wildman–Crippen LogP) is 5.57. The van der Waals surface area contributed by atoms with Gasteiger partial charge in [-0.3, -0.25) is 0 Å². The van der Waals surface area contributed by atoms with Crippen LogP contribution in [-0.4, -0.2) is 34.7 Å². The lowest BCUT2D eigenvalue weighted by Gasteiger charge is -2.14. The number of amides is 2. The number of rotatable bonds is 6. The lowest BCUT2D eigenvalue weighted by atomic mass is 10.2. The van der Waals surface area contributed by atoms with Gasteiger partial charge in [-0.05, 0) is 32.0 Å². The first-order valence-corrected chi connectivity index (χ1v) is 9.95. The summed E-state index contributed by atoms with van der Waals surface area (Å²) in [5, 5.41) is 4.38. The molecule has 1 aromatic carbocycles. The van der Waals surface area contributed by atoms with Crippen molar-refractivity contribution >= 4 is 29.0 Å². The average Bonchev–Trinajstić information content (AvgIpc) is 2.76. The summed E-state index contributed by atoms with van der Waals surface area (Å²) in [6, 6.07) is 3.90. The van der Waals surface area contributed by atoms with E-state index in [4.69, 9.17) is 21.1 Å². The molecule has 2 aromatic heterocycles. The first-order valence-electron chi connectivity index (χ1n) is 9.58. The molecule has 2 N–H and O–H groups in total. The number of pyridine rings is 1. The van der Waals surface area contributed by atoms with Crippen molar-refractivity contribution in [2.45, 2.75) is 20.0 Å². The van der Waals surface area contributed by atoms with Gasteiger partial charge < -0.3 is 20.1 Å². The molecule has 0 bridgehead atoms. The minimum atomic E-state index is -4.65. The van der Waals surface area contributed by atoms with Crippen molar-refractivity contribution in [3.8, 4) is 23.0 Å². The van der Waals surface area contributed by atoms with E-state index in [1.807, 2.05) is 6.92 Å². The standard InChI is InChI=1S/C21H19ClF3N5O3/c1-4-33-17-8-18(32-3)26-9-13(17)19-27-10-16(11(2)28-19)30-20(31)29-12-5-6-15(22)14(7-12)21(23,24)25/h5-10H,4H2,1-3H3,(H2,29,30,31). The van der Waals surface area contributed by atoms with Gasteiger partial charge in [0.25, 0.3) is 0 Å². The van der Waals surface area contributed by atoms with Gasteiger partial charge in [-0.2, -0.15) is 13.2 Å². The lowest BCUT2D eigenvalue weighted by Crippen LogP contribution is -2.21. The minimum Gasteiger partial charge on any atom is -0.493 e. The van der Waals surface area contributed by atoms with E-state index in [0.717, 1.165) is 12.1 Å². The number of alkyl halides is 3. The molecule has 2 heterocycles. The zero-order valence-corrected chi connectivity index (χ0v) is 18.5. The maximum atomic E-state index is 13.0. The summed E-state index contributed by atoms with van der Waals surface area (Å²) in [5.41, 5.74) is 0.0768. The van der Waals surface area contributed by atoms with Gasteiger partial charge in [-0.1, -0.05) is 11.6 Å². The maximum Gasteiger partial charge on any atom is 0.417 e. The summed E-state index contributed by atoms with van der Waals surface area (Å²) < 4.78 is 49.8. The minimum absolute atomic E-state index is 0.0786. The molecular weight excluding hydrogens is 463 g/mol. The van der Waals surface area contributed by atoms with Crippen LogP contribution in [-0.2, 0) is 6.18 Å². The number of aryl methyl sites for hydroxylation is 1. The zero-order chi connectivity index (χ0) is 24.2. The second kappa shape index (κ2) is 9.90. The Balaban J connectivity index is 1.78. The Morgan fingerprint density at radius 2 is 1.91 bits per heavy atom. The molecule has 0 radical (unpaired) electrons. The van der Waals surface area contributed by atoms with Gasteiger partial charge in [-0.25, -0.2) is 19.7 Å². The molecule has 174 valence electrons. The molecule has 33 heavy (non-hydrogen) atoms. The van der Waals surface area contributed by atoms with Crippen LogP contribution in [0, 0.1) is 6.92 Å². The number of benzene rings is 1. The quantitative estimate of drug-likeness (QED) is 0.477. The molecule has 0 unspecified atom stereocenters. The lowest BCUT2D eigenvalue weighted by molar-refractivity contribution is -0.137. The van der Waals surface area contributed by atoms with Gasteiger partial charge in [0.15, 0.2) is 5.82 Å². The van der Waals surface area contributed by atoms with E-state index < -0.39 is 22.8 Å². The Morgan fingerprint density at radius 1 is 1.15 bits per heavy atom. The Bertz CT molecular complexity index is 1170. The number of urea groups is 1. The largest absolute Gasteiger partial charge is 0.493 e. The first-order chi connectivity index (χ1) is 15.6. The second-order valence-electron chi connectivity index (χ2n) is 6.62. The van der Waals surface area contributed by atoms with E-state index in [0.29, 0.717) is 35.3 Å². The van der Waals surface area contributed by atoms with E-state index in [1.165, 1.54) is 25.6 Å². The Hall–Kier alpha value is -3.60. The first kappa shape index (κ1) is 24.1. The molecule has 0 aliphatic rings. The van der Waals surface area contributed by atoms with Crippen LogP contribution >= 0.6 is 11.6 Å². The predicted molar refractivity (Wildman–Crippen MR) is 117 cm³/mol. The molecule has 0 aliphatic heterocycles. The molecule has 3 rings (SSSR count). The number of halogens is 4.